The van der Waals surface area contributed by atoms with Crippen LogP contribution in [0.5, 0.6) is 5.75 Å². The third-order valence-corrected chi connectivity index (χ3v) is 4.64. The number of fused-ring (bicyclic) bond motifs is 1. The number of hydrogen-bond acceptors (Lipinski definition) is 5. The summed E-state index contributed by atoms with van der Waals surface area (Å²) in [6.45, 7) is 1.73. The Morgan fingerprint density at radius 1 is 1.28 bits per heavy atom. The molecule has 0 saturated carbocycles. The molecule has 2 aromatic carbocycles. The Morgan fingerprint density at radius 3 is 2.86 bits per heavy atom. The Balaban J connectivity index is 1.54. The minimum absolute atomic E-state index is 0.0513. The second-order valence-electron chi connectivity index (χ2n) is 6.77. The second kappa shape index (κ2) is 7.42. The van der Waals surface area contributed by atoms with Crippen molar-refractivity contribution >= 4 is 29.3 Å². The molecule has 0 unspecified atom stereocenters. The van der Waals surface area contributed by atoms with Gasteiger partial charge in [-0.25, -0.2) is 9.18 Å². The van der Waals surface area contributed by atoms with Crippen molar-refractivity contribution in [1.82, 2.24) is 5.32 Å². The molecule has 8 nitrogen and oxygen atoms in total. The van der Waals surface area contributed by atoms with Gasteiger partial charge in [-0.3, -0.25) is 14.5 Å². The fraction of sp³-hybridized carbons (Fsp3) is 0.250. The van der Waals surface area contributed by atoms with Crippen molar-refractivity contribution in [2.75, 3.05) is 29.9 Å². The number of nitrogens with zero attached hydrogens (tertiary/aromatic N) is 1. The topological polar surface area (TPSA) is 97.0 Å². The van der Waals surface area contributed by atoms with Crippen LogP contribution in [0.15, 0.2) is 36.4 Å². The SMILES string of the molecule is CC(=O)NC[C@H]1CN(c2ccc(-c3ccc4c(c3)NC(=O)CO4)c(F)c2)C(=O)O1. The maximum atomic E-state index is 14.8. The first-order chi connectivity index (χ1) is 13.9. The van der Waals surface area contributed by atoms with E-state index in [1.165, 1.54) is 17.9 Å². The van der Waals surface area contributed by atoms with Crippen LogP contribution in [0.2, 0.25) is 0 Å². The lowest BCUT2D eigenvalue weighted by molar-refractivity contribution is -0.119. The van der Waals surface area contributed by atoms with Crippen molar-refractivity contribution in [2.45, 2.75) is 13.0 Å². The van der Waals surface area contributed by atoms with Crippen molar-refractivity contribution in [2.24, 2.45) is 0 Å². The summed E-state index contributed by atoms with van der Waals surface area (Å²) in [6, 6.07) is 9.44. The molecule has 29 heavy (non-hydrogen) atoms. The molecule has 150 valence electrons. The molecule has 9 heteroatoms. The van der Waals surface area contributed by atoms with Gasteiger partial charge in [0.15, 0.2) is 6.61 Å². The summed E-state index contributed by atoms with van der Waals surface area (Å²) in [6.07, 6.45) is -1.10. The van der Waals surface area contributed by atoms with E-state index in [-0.39, 0.29) is 31.5 Å². The standard InChI is InChI=1S/C20H18FN3O5/c1-11(25)22-8-14-9-24(20(27)29-14)13-3-4-15(16(21)7-13)12-2-5-18-17(6-12)23-19(26)10-28-18/h2-7,14H,8-10H2,1H3,(H,22,25)(H,23,26)/t14-/m0/s1. The van der Waals surface area contributed by atoms with Crippen molar-refractivity contribution in [3.63, 3.8) is 0 Å². The van der Waals surface area contributed by atoms with Gasteiger partial charge in [-0.05, 0) is 35.9 Å². The Hall–Kier alpha value is -3.62. The zero-order valence-electron chi connectivity index (χ0n) is 15.5. The summed E-state index contributed by atoms with van der Waals surface area (Å²) in [5.41, 5.74) is 1.71. The van der Waals surface area contributed by atoms with E-state index in [9.17, 15) is 18.8 Å². The van der Waals surface area contributed by atoms with Crippen LogP contribution < -0.4 is 20.3 Å². The molecule has 3 amide bonds. The van der Waals surface area contributed by atoms with E-state index in [0.717, 1.165) is 0 Å². The first kappa shape index (κ1) is 18.7. The van der Waals surface area contributed by atoms with E-state index >= 15 is 0 Å². The summed E-state index contributed by atoms with van der Waals surface area (Å²) in [7, 11) is 0. The van der Waals surface area contributed by atoms with Crippen LogP contribution >= 0.6 is 0 Å². The molecule has 2 aromatic rings. The number of halogens is 1. The number of cyclic esters (lactones) is 1. The molecule has 0 aliphatic carbocycles. The van der Waals surface area contributed by atoms with Gasteiger partial charge in [-0.2, -0.15) is 0 Å². The van der Waals surface area contributed by atoms with Crippen LogP contribution in [0.1, 0.15) is 6.92 Å². The van der Waals surface area contributed by atoms with Crippen molar-refractivity contribution < 1.29 is 28.2 Å². The molecule has 0 bridgehead atoms. The van der Waals surface area contributed by atoms with Gasteiger partial charge in [0.05, 0.1) is 24.5 Å². The molecule has 0 radical (unpaired) electrons. The van der Waals surface area contributed by atoms with Gasteiger partial charge in [0.25, 0.3) is 5.91 Å². The minimum Gasteiger partial charge on any atom is -0.482 e. The average Bonchev–Trinajstić information content (AvgIpc) is 3.06. The monoisotopic (exact) mass is 399 g/mol. The summed E-state index contributed by atoms with van der Waals surface area (Å²) >= 11 is 0. The first-order valence-corrected chi connectivity index (χ1v) is 9.00. The quantitative estimate of drug-likeness (QED) is 0.822. The predicted molar refractivity (Wildman–Crippen MR) is 102 cm³/mol. The van der Waals surface area contributed by atoms with Gasteiger partial charge in [-0.15, -0.1) is 0 Å². The molecule has 2 N–H and O–H groups in total. The molecule has 1 atom stereocenters. The van der Waals surface area contributed by atoms with Gasteiger partial charge >= 0.3 is 6.09 Å². The highest BCUT2D eigenvalue weighted by Gasteiger charge is 2.32. The highest BCUT2D eigenvalue weighted by Crippen LogP contribution is 2.35. The van der Waals surface area contributed by atoms with Gasteiger partial charge in [-0.1, -0.05) is 6.07 Å². The molecule has 1 fully saturated rings. The maximum absolute atomic E-state index is 14.8. The molecule has 4 rings (SSSR count). The third-order valence-electron chi connectivity index (χ3n) is 4.64. The number of anilines is 2. The van der Waals surface area contributed by atoms with Crippen LogP contribution in [0.25, 0.3) is 11.1 Å². The van der Waals surface area contributed by atoms with E-state index in [2.05, 4.69) is 10.6 Å². The molecule has 2 aliphatic heterocycles. The number of benzene rings is 2. The van der Waals surface area contributed by atoms with Crippen LogP contribution in [0.4, 0.5) is 20.6 Å². The molecule has 2 aliphatic rings. The number of amides is 3. The number of hydrogen-bond donors (Lipinski definition) is 2. The van der Waals surface area contributed by atoms with Crippen molar-refractivity contribution in [3.05, 3.63) is 42.2 Å². The third kappa shape index (κ3) is 3.84. The zero-order valence-corrected chi connectivity index (χ0v) is 15.5. The number of rotatable bonds is 4. The van der Waals surface area contributed by atoms with Crippen LogP contribution in [0, 0.1) is 5.82 Å². The predicted octanol–water partition coefficient (Wildman–Crippen LogP) is 2.28. The average molecular weight is 399 g/mol. The lowest BCUT2D eigenvalue weighted by Crippen LogP contribution is -2.33. The van der Waals surface area contributed by atoms with Gasteiger partial charge < -0.3 is 20.1 Å². The van der Waals surface area contributed by atoms with Crippen LogP contribution in [-0.2, 0) is 14.3 Å². The molecular formula is C20H18FN3O5. The molecule has 0 spiro atoms. The Morgan fingerprint density at radius 2 is 2.10 bits per heavy atom. The Bertz CT molecular complexity index is 1010. The number of ether oxygens (including phenoxy) is 2. The molecule has 1 saturated heterocycles. The minimum atomic E-state index is -0.596. The highest BCUT2D eigenvalue weighted by atomic mass is 19.1. The summed E-state index contributed by atoms with van der Waals surface area (Å²) in [5, 5.41) is 5.28. The van der Waals surface area contributed by atoms with Crippen molar-refractivity contribution in [1.29, 1.82) is 0 Å². The van der Waals surface area contributed by atoms with Crippen LogP contribution in [0.3, 0.4) is 0 Å². The smallest absolute Gasteiger partial charge is 0.414 e. The summed E-state index contributed by atoms with van der Waals surface area (Å²) in [5.74, 6) is -0.493. The van der Waals surface area contributed by atoms with E-state index < -0.39 is 18.0 Å². The van der Waals surface area contributed by atoms with Gasteiger partial charge in [0, 0.05) is 12.5 Å². The van der Waals surface area contributed by atoms with Gasteiger partial charge in [0.1, 0.15) is 17.7 Å². The lowest BCUT2D eigenvalue weighted by atomic mass is 10.0. The maximum Gasteiger partial charge on any atom is 0.414 e. The highest BCUT2D eigenvalue weighted by molar-refractivity contribution is 5.96. The fourth-order valence-corrected chi connectivity index (χ4v) is 3.25. The lowest BCUT2D eigenvalue weighted by Gasteiger charge is -2.19. The zero-order chi connectivity index (χ0) is 20.5. The number of nitrogens with one attached hydrogen (secondary N) is 2. The Labute approximate surface area is 165 Å². The van der Waals surface area contributed by atoms with E-state index in [4.69, 9.17) is 9.47 Å². The fourth-order valence-electron chi connectivity index (χ4n) is 3.25. The second-order valence-corrected chi connectivity index (χ2v) is 6.77. The Kier molecular flexibility index (Phi) is 4.79. The molecule has 0 aromatic heterocycles. The van der Waals surface area contributed by atoms with E-state index in [1.54, 1.807) is 30.3 Å². The normalized spacial score (nSPS) is 17.9. The number of carbonyl (C=O) groups is 3. The molecular weight excluding hydrogens is 381 g/mol. The number of carbonyl (C=O) groups excluding carboxylic acids is 3. The van der Waals surface area contributed by atoms with Crippen LogP contribution in [-0.4, -0.2) is 43.7 Å². The van der Waals surface area contributed by atoms with Crippen molar-refractivity contribution in [3.8, 4) is 16.9 Å². The van der Waals surface area contributed by atoms with E-state index in [0.29, 0.717) is 28.3 Å². The summed E-state index contributed by atoms with van der Waals surface area (Å²) < 4.78 is 25.3. The summed E-state index contributed by atoms with van der Waals surface area (Å²) in [4.78, 5) is 35.9. The molecule has 2 heterocycles. The largest absolute Gasteiger partial charge is 0.482 e. The van der Waals surface area contributed by atoms with Gasteiger partial charge in [0.2, 0.25) is 5.91 Å². The van der Waals surface area contributed by atoms with E-state index in [1.807, 2.05) is 0 Å². The first-order valence-electron chi connectivity index (χ1n) is 9.00.